The molecule has 1 aromatic carbocycles. The smallest absolute Gasteiger partial charge is 0.0727 e. The maximum Gasteiger partial charge on any atom is 0.0727 e. The minimum atomic E-state index is -0.202. The molecule has 0 aliphatic heterocycles. The number of ether oxygens (including phenoxy) is 1. The Morgan fingerprint density at radius 1 is 1.40 bits per heavy atom. The summed E-state index contributed by atoms with van der Waals surface area (Å²) in [7, 11) is 1.66. The Bertz CT molecular complexity index is 331. The first kappa shape index (κ1) is 12.5. The van der Waals surface area contributed by atoms with Crippen molar-refractivity contribution in [1.82, 2.24) is 0 Å². The highest BCUT2D eigenvalue weighted by Crippen LogP contribution is 2.20. The van der Waals surface area contributed by atoms with Gasteiger partial charge in [-0.3, -0.25) is 0 Å². The fraction of sp³-hybridized carbons (Fsp3) is 0.500. The summed E-state index contributed by atoms with van der Waals surface area (Å²) in [5, 5.41) is 0.749. The van der Waals surface area contributed by atoms with Gasteiger partial charge in [-0.25, -0.2) is 0 Å². The zero-order valence-corrected chi connectivity index (χ0v) is 10.3. The summed E-state index contributed by atoms with van der Waals surface area (Å²) in [5.74, 6) is 0. The number of hydrogen-bond donors (Lipinski definition) is 1. The Labute approximate surface area is 96.4 Å². The van der Waals surface area contributed by atoms with Gasteiger partial charge in [0.15, 0.2) is 0 Å². The molecule has 15 heavy (non-hydrogen) atoms. The van der Waals surface area contributed by atoms with E-state index in [1.165, 1.54) is 0 Å². The van der Waals surface area contributed by atoms with E-state index < -0.39 is 0 Å². The summed E-state index contributed by atoms with van der Waals surface area (Å²) in [6.45, 7) is 4.55. The lowest BCUT2D eigenvalue weighted by molar-refractivity contribution is 0.185. The molecule has 0 aliphatic carbocycles. The van der Waals surface area contributed by atoms with Crippen molar-refractivity contribution < 1.29 is 4.74 Å². The van der Waals surface area contributed by atoms with Crippen LogP contribution in [0, 0.1) is 0 Å². The molecule has 0 amide bonds. The SMILES string of the molecule is COCc1ccc(CC(C)(C)N)cc1Cl. The first-order valence-electron chi connectivity index (χ1n) is 4.97. The third-order valence-corrected chi connectivity index (χ3v) is 2.43. The Morgan fingerprint density at radius 2 is 2.07 bits per heavy atom. The van der Waals surface area contributed by atoms with Gasteiger partial charge in [-0.15, -0.1) is 0 Å². The molecule has 0 spiro atoms. The Balaban J connectivity index is 2.82. The van der Waals surface area contributed by atoms with E-state index in [1.807, 2.05) is 26.0 Å². The summed E-state index contributed by atoms with van der Waals surface area (Å²) in [4.78, 5) is 0. The van der Waals surface area contributed by atoms with Gasteiger partial charge in [0.1, 0.15) is 0 Å². The molecule has 0 saturated heterocycles. The van der Waals surface area contributed by atoms with Crippen LogP contribution in [0.4, 0.5) is 0 Å². The van der Waals surface area contributed by atoms with Crippen LogP contribution in [0.25, 0.3) is 0 Å². The predicted octanol–water partition coefficient (Wildman–Crippen LogP) is 2.77. The average molecular weight is 228 g/mol. The normalized spacial score (nSPS) is 11.8. The molecule has 1 aromatic rings. The molecule has 0 atom stereocenters. The highest BCUT2D eigenvalue weighted by Gasteiger charge is 2.12. The van der Waals surface area contributed by atoms with E-state index in [9.17, 15) is 0 Å². The minimum Gasteiger partial charge on any atom is -0.380 e. The predicted molar refractivity (Wildman–Crippen MR) is 64.1 cm³/mol. The molecule has 2 nitrogen and oxygen atoms in total. The third kappa shape index (κ3) is 4.20. The molecule has 0 aliphatic rings. The van der Waals surface area contributed by atoms with Gasteiger partial charge in [0, 0.05) is 17.7 Å². The monoisotopic (exact) mass is 227 g/mol. The van der Waals surface area contributed by atoms with Crippen LogP contribution in [0.1, 0.15) is 25.0 Å². The van der Waals surface area contributed by atoms with Crippen LogP contribution in [0.3, 0.4) is 0 Å². The molecule has 0 heterocycles. The summed E-state index contributed by atoms with van der Waals surface area (Å²) in [5.41, 5.74) is 7.92. The van der Waals surface area contributed by atoms with Crippen LogP contribution in [0.15, 0.2) is 18.2 Å². The van der Waals surface area contributed by atoms with Crippen LogP contribution in [0.5, 0.6) is 0 Å². The average Bonchev–Trinajstić information content (AvgIpc) is 2.07. The van der Waals surface area contributed by atoms with E-state index in [4.69, 9.17) is 22.1 Å². The van der Waals surface area contributed by atoms with Crippen molar-refractivity contribution >= 4 is 11.6 Å². The van der Waals surface area contributed by atoms with Gasteiger partial charge in [-0.05, 0) is 37.5 Å². The number of halogens is 1. The lowest BCUT2D eigenvalue weighted by Gasteiger charge is -2.18. The van der Waals surface area contributed by atoms with Gasteiger partial charge in [0.25, 0.3) is 0 Å². The molecule has 2 N–H and O–H groups in total. The lowest BCUT2D eigenvalue weighted by atomic mass is 9.96. The molecule has 0 saturated carbocycles. The van der Waals surface area contributed by atoms with Gasteiger partial charge in [0.05, 0.1) is 6.61 Å². The molecule has 0 radical (unpaired) electrons. The number of benzene rings is 1. The highest BCUT2D eigenvalue weighted by molar-refractivity contribution is 6.31. The maximum absolute atomic E-state index is 6.12. The largest absolute Gasteiger partial charge is 0.380 e. The molecule has 84 valence electrons. The van der Waals surface area contributed by atoms with Crippen molar-refractivity contribution in [3.63, 3.8) is 0 Å². The van der Waals surface area contributed by atoms with Crippen molar-refractivity contribution in [1.29, 1.82) is 0 Å². The van der Waals surface area contributed by atoms with Crippen LogP contribution in [0.2, 0.25) is 5.02 Å². The molecular weight excluding hydrogens is 210 g/mol. The van der Waals surface area contributed by atoms with Gasteiger partial charge in [-0.1, -0.05) is 23.7 Å². The topological polar surface area (TPSA) is 35.2 Å². The maximum atomic E-state index is 6.12. The molecule has 0 unspecified atom stereocenters. The number of methoxy groups -OCH3 is 1. The summed E-state index contributed by atoms with van der Waals surface area (Å²) >= 11 is 6.12. The lowest BCUT2D eigenvalue weighted by Crippen LogP contribution is -2.34. The summed E-state index contributed by atoms with van der Waals surface area (Å²) < 4.78 is 5.04. The van der Waals surface area contributed by atoms with Crippen molar-refractivity contribution in [2.45, 2.75) is 32.4 Å². The number of nitrogens with two attached hydrogens (primary N) is 1. The van der Waals surface area contributed by atoms with E-state index in [1.54, 1.807) is 7.11 Å². The first-order valence-corrected chi connectivity index (χ1v) is 5.35. The van der Waals surface area contributed by atoms with Crippen LogP contribution in [-0.4, -0.2) is 12.6 Å². The number of rotatable bonds is 4. The molecule has 0 bridgehead atoms. The fourth-order valence-corrected chi connectivity index (χ4v) is 1.76. The zero-order valence-electron chi connectivity index (χ0n) is 9.51. The number of hydrogen-bond acceptors (Lipinski definition) is 2. The summed E-state index contributed by atoms with van der Waals surface area (Å²) in [6, 6.07) is 6.01. The van der Waals surface area contributed by atoms with Crippen LogP contribution in [-0.2, 0) is 17.8 Å². The van der Waals surface area contributed by atoms with E-state index >= 15 is 0 Å². The zero-order chi connectivity index (χ0) is 11.5. The molecule has 1 rings (SSSR count). The molecule has 0 aromatic heterocycles. The van der Waals surface area contributed by atoms with Crippen molar-refractivity contribution in [3.05, 3.63) is 34.3 Å². The standard InChI is InChI=1S/C12H18ClNO/c1-12(2,14)7-9-4-5-10(8-15-3)11(13)6-9/h4-6H,7-8,14H2,1-3H3. The highest BCUT2D eigenvalue weighted by atomic mass is 35.5. The third-order valence-electron chi connectivity index (χ3n) is 2.08. The van der Waals surface area contributed by atoms with E-state index in [2.05, 4.69) is 6.07 Å². The second-order valence-corrected chi connectivity index (χ2v) is 4.93. The first-order chi connectivity index (χ1) is 6.92. The van der Waals surface area contributed by atoms with Gasteiger partial charge < -0.3 is 10.5 Å². The van der Waals surface area contributed by atoms with Crippen molar-refractivity contribution in [2.24, 2.45) is 5.73 Å². The second-order valence-electron chi connectivity index (χ2n) is 4.52. The van der Waals surface area contributed by atoms with Gasteiger partial charge in [0.2, 0.25) is 0 Å². The van der Waals surface area contributed by atoms with E-state index in [0.717, 1.165) is 22.6 Å². The van der Waals surface area contributed by atoms with E-state index in [0.29, 0.717) is 6.61 Å². The Hall–Kier alpha value is -0.570. The molecule has 3 heteroatoms. The quantitative estimate of drug-likeness (QED) is 0.859. The Morgan fingerprint density at radius 3 is 2.53 bits per heavy atom. The van der Waals surface area contributed by atoms with Gasteiger partial charge >= 0.3 is 0 Å². The minimum absolute atomic E-state index is 0.202. The molecule has 0 fully saturated rings. The van der Waals surface area contributed by atoms with Crippen molar-refractivity contribution in [2.75, 3.05) is 7.11 Å². The van der Waals surface area contributed by atoms with Crippen LogP contribution >= 0.6 is 11.6 Å². The summed E-state index contributed by atoms with van der Waals surface area (Å²) in [6.07, 6.45) is 0.819. The fourth-order valence-electron chi connectivity index (χ4n) is 1.50. The Kier molecular flexibility index (Phi) is 4.14. The second kappa shape index (κ2) is 4.97. The van der Waals surface area contributed by atoms with E-state index in [-0.39, 0.29) is 5.54 Å². The van der Waals surface area contributed by atoms with Crippen LogP contribution < -0.4 is 5.73 Å². The van der Waals surface area contributed by atoms with Gasteiger partial charge in [-0.2, -0.15) is 0 Å². The molecular formula is C12H18ClNO. The van der Waals surface area contributed by atoms with Crippen molar-refractivity contribution in [3.8, 4) is 0 Å².